The highest BCUT2D eigenvalue weighted by Gasteiger charge is 2.26. The largest absolute Gasteiger partial charge is 0.378 e. The van der Waals surface area contributed by atoms with Crippen LogP contribution in [0.4, 0.5) is 4.79 Å². The number of halogens is 1. The second-order valence-electron chi connectivity index (χ2n) is 5.74. The van der Waals surface area contributed by atoms with Crippen molar-refractivity contribution in [2.45, 2.75) is 6.54 Å². The van der Waals surface area contributed by atoms with Crippen LogP contribution in [0.3, 0.4) is 0 Å². The summed E-state index contributed by atoms with van der Waals surface area (Å²) in [7, 11) is 0. The number of ether oxygens (including phenoxy) is 1. The van der Waals surface area contributed by atoms with Crippen LogP contribution in [0.15, 0.2) is 28.7 Å². The zero-order valence-corrected chi connectivity index (χ0v) is 14.3. The minimum atomic E-state index is 0.170. The average Bonchev–Trinajstić information content (AvgIpc) is 2.58. The summed E-state index contributed by atoms with van der Waals surface area (Å²) in [5.74, 6) is 0. The first-order chi connectivity index (χ1) is 10.7. The van der Waals surface area contributed by atoms with Gasteiger partial charge in [-0.25, -0.2) is 4.79 Å². The number of urea groups is 1. The molecule has 1 aromatic rings. The van der Waals surface area contributed by atoms with Crippen LogP contribution in [-0.2, 0) is 11.3 Å². The van der Waals surface area contributed by atoms with Gasteiger partial charge >= 0.3 is 6.03 Å². The van der Waals surface area contributed by atoms with Crippen LogP contribution in [0.2, 0.25) is 0 Å². The lowest BCUT2D eigenvalue weighted by Crippen LogP contribution is -2.54. The highest BCUT2D eigenvalue weighted by atomic mass is 79.9. The standard InChI is InChI=1S/C16H22BrN3O2/c17-15-4-2-1-3-14(15)13-18-5-7-19(8-6-18)16(21)20-9-11-22-12-10-20/h1-4H,5-13H2. The van der Waals surface area contributed by atoms with E-state index in [1.54, 1.807) is 0 Å². The molecule has 2 heterocycles. The van der Waals surface area contributed by atoms with Crippen molar-refractivity contribution in [1.82, 2.24) is 14.7 Å². The monoisotopic (exact) mass is 367 g/mol. The van der Waals surface area contributed by atoms with Crippen molar-refractivity contribution >= 4 is 22.0 Å². The Labute approximate surface area is 139 Å². The quantitative estimate of drug-likeness (QED) is 0.802. The summed E-state index contributed by atoms with van der Waals surface area (Å²) >= 11 is 3.60. The van der Waals surface area contributed by atoms with E-state index in [1.807, 2.05) is 15.9 Å². The van der Waals surface area contributed by atoms with Gasteiger partial charge in [-0.05, 0) is 11.6 Å². The van der Waals surface area contributed by atoms with Crippen molar-refractivity contribution in [3.8, 4) is 0 Å². The zero-order valence-electron chi connectivity index (χ0n) is 12.7. The van der Waals surface area contributed by atoms with Gasteiger partial charge in [-0.1, -0.05) is 34.1 Å². The van der Waals surface area contributed by atoms with Crippen LogP contribution >= 0.6 is 15.9 Å². The number of carbonyl (C=O) groups excluding carboxylic acids is 1. The molecular weight excluding hydrogens is 346 g/mol. The Balaban J connectivity index is 1.50. The Morgan fingerprint density at radius 3 is 2.32 bits per heavy atom. The van der Waals surface area contributed by atoms with Crippen LogP contribution in [0.1, 0.15) is 5.56 Å². The van der Waals surface area contributed by atoms with Gasteiger partial charge in [0.25, 0.3) is 0 Å². The molecular formula is C16H22BrN3O2. The van der Waals surface area contributed by atoms with Gasteiger partial charge in [-0.15, -0.1) is 0 Å². The molecule has 0 unspecified atom stereocenters. The second-order valence-corrected chi connectivity index (χ2v) is 6.59. The van der Waals surface area contributed by atoms with Crippen LogP contribution in [0, 0.1) is 0 Å². The normalized spacial score (nSPS) is 20.2. The van der Waals surface area contributed by atoms with Gasteiger partial charge in [0.1, 0.15) is 0 Å². The summed E-state index contributed by atoms with van der Waals surface area (Å²) in [4.78, 5) is 18.7. The maximum Gasteiger partial charge on any atom is 0.320 e. The zero-order chi connectivity index (χ0) is 15.4. The van der Waals surface area contributed by atoms with E-state index in [0.717, 1.165) is 50.3 Å². The van der Waals surface area contributed by atoms with Crippen LogP contribution < -0.4 is 0 Å². The molecule has 0 radical (unpaired) electrons. The number of carbonyl (C=O) groups is 1. The van der Waals surface area contributed by atoms with E-state index < -0.39 is 0 Å². The van der Waals surface area contributed by atoms with E-state index in [2.05, 4.69) is 39.0 Å². The van der Waals surface area contributed by atoms with Crippen molar-refractivity contribution in [2.75, 3.05) is 52.5 Å². The fraction of sp³-hybridized carbons (Fsp3) is 0.562. The molecule has 0 N–H and O–H groups in total. The predicted molar refractivity (Wildman–Crippen MR) is 88.8 cm³/mol. The first-order valence-corrected chi connectivity index (χ1v) is 8.61. The Kier molecular flexibility index (Phi) is 5.33. The third kappa shape index (κ3) is 3.80. The molecule has 6 heteroatoms. The topological polar surface area (TPSA) is 36.0 Å². The van der Waals surface area contributed by atoms with Gasteiger partial charge in [0.15, 0.2) is 0 Å². The molecule has 2 fully saturated rings. The second kappa shape index (κ2) is 7.44. The van der Waals surface area contributed by atoms with E-state index in [0.29, 0.717) is 13.2 Å². The fourth-order valence-electron chi connectivity index (χ4n) is 2.92. The summed E-state index contributed by atoms with van der Waals surface area (Å²) in [6.45, 7) is 7.16. The molecule has 0 aliphatic carbocycles. The summed E-state index contributed by atoms with van der Waals surface area (Å²) in [5, 5.41) is 0. The highest BCUT2D eigenvalue weighted by molar-refractivity contribution is 9.10. The molecule has 2 aliphatic rings. The molecule has 5 nitrogen and oxygen atoms in total. The summed E-state index contributed by atoms with van der Waals surface area (Å²) in [6.07, 6.45) is 0. The van der Waals surface area contributed by atoms with Gasteiger partial charge in [-0.2, -0.15) is 0 Å². The Morgan fingerprint density at radius 2 is 1.64 bits per heavy atom. The predicted octanol–water partition coefficient (Wildman–Crippen LogP) is 2.02. The lowest BCUT2D eigenvalue weighted by Gasteiger charge is -2.38. The fourth-order valence-corrected chi connectivity index (χ4v) is 3.33. The van der Waals surface area contributed by atoms with Gasteiger partial charge in [0, 0.05) is 50.3 Å². The van der Waals surface area contributed by atoms with Crippen molar-refractivity contribution < 1.29 is 9.53 Å². The van der Waals surface area contributed by atoms with E-state index in [4.69, 9.17) is 4.74 Å². The summed E-state index contributed by atoms with van der Waals surface area (Å²) in [5.41, 5.74) is 1.30. The molecule has 0 atom stereocenters. The molecule has 2 saturated heterocycles. The Bertz CT molecular complexity index is 512. The third-order valence-corrected chi connectivity index (χ3v) is 5.05. The van der Waals surface area contributed by atoms with E-state index in [-0.39, 0.29) is 6.03 Å². The third-order valence-electron chi connectivity index (χ3n) is 4.28. The minimum absolute atomic E-state index is 0.170. The van der Waals surface area contributed by atoms with Gasteiger partial charge in [-0.3, -0.25) is 4.90 Å². The van der Waals surface area contributed by atoms with Crippen LogP contribution in [0.5, 0.6) is 0 Å². The maximum absolute atomic E-state index is 12.4. The molecule has 3 rings (SSSR count). The molecule has 0 bridgehead atoms. The number of hydrogen-bond donors (Lipinski definition) is 0. The van der Waals surface area contributed by atoms with Crippen molar-refractivity contribution in [1.29, 1.82) is 0 Å². The van der Waals surface area contributed by atoms with Crippen molar-refractivity contribution in [2.24, 2.45) is 0 Å². The van der Waals surface area contributed by atoms with Crippen molar-refractivity contribution in [3.63, 3.8) is 0 Å². The smallest absolute Gasteiger partial charge is 0.320 e. The number of morpholine rings is 1. The molecule has 0 aromatic heterocycles. The number of rotatable bonds is 2. The van der Waals surface area contributed by atoms with Crippen LogP contribution in [-0.4, -0.2) is 73.2 Å². The Morgan fingerprint density at radius 1 is 1.00 bits per heavy atom. The van der Waals surface area contributed by atoms with E-state index in [1.165, 1.54) is 5.56 Å². The number of hydrogen-bond acceptors (Lipinski definition) is 3. The summed E-state index contributed by atoms with van der Waals surface area (Å²) < 4.78 is 6.46. The number of amides is 2. The molecule has 0 saturated carbocycles. The molecule has 0 spiro atoms. The van der Waals surface area contributed by atoms with Crippen molar-refractivity contribution in [3.05, 3.63) is 34.3 Å². The minimum Gasteiger partial charge on any atom is -0.378 e. The molecule has 120 valence electrons. The van der Waals surface area contributed by atoms with E-state index in [9.17, 15) is 4.79 Å². The number of benzene rings is 1. The highest BCUT2D eigenvalue weighted by Crippen LogP contribution is 2.19. The lowest BCUT2D eigenvalue weighted by molar-refractivity contribution is 0.0373. The first-order valence-electron chi connectivity index (χ1n) is 7.81. The molecule has 2 aliphatic heterocycles. The molecule has 2 amide bonds. The molecule has 1 aromatic carbocycles. The number of nitrogens with zero attached hydrogens (tertiary/aromatic N) is 3. The van der Waals surface area contributed by atoms with Gasteiger partial charge in [0.05, 0.1) is 13.2 Å². The SMILES string of the molecule is O=C(N1CCOCC1)N1CCN(Cc2ccccc2Br)CC1. The molecule has 22 heavy (non-hydrogen) atoms. The van der Waals surface area contributed by atoms with Gasteiger partial charge in [0.2, 0.25) is 0 Å². The maximum atomic E-state index is 12.4. The average molecular weight is 368 g/mol. The Hall–Kier alpha value is -1.11. The first kappa shape index (κ1) is 15.8. The van der Waals surface area contributed by atoms with E-state index >= 15 is 0 Å². The number of piperazine rings is 1. The summed E-state index contributed by atoms with van der Waals surface area (Å²) in [6, 6.07) is 8.50. The van der Waals surface area contributed by atoms with Crippen LogP contribution in [0.25, 0.3) is 0 Å². The van der Waals surface area contributed by atoms with Gasteiger partial charge < -0.3 is 14.5 Å². The lowest BCUT2D eigenvalue weighted by atomic mass is 10.2.